The Hall–Kier alpha value is -0.860. The first kappa shape index (κ1) is 15.2. The number of ether oxygens (including phenoxy) is 1. The molecule has 1 atom stereocenters. The van der Waals surface area contributed by atoms with E-state index in [1.807, 2.05) is 0 Å². The Balaban J connectivity index is 2.35. The molecule has 18 heavy (non-hydrogen) atoms. The molecular formula is C16H27NO. The monoisotopic (exact) mass is 249 g/mol. The van der Waals surface area contributed by atoms with E-state index in [1.165, 1.54) is 12.0 Å². The number of aryl methyl sites for hydroxylation is 1. The van der Waals surface area contributed by atoms with E-state index in [2.05, 4.69) is 56.4 Å². The molecule has 0 aliphatic heterocycles. The highest BCUT2D eigenvalue weighted by Crippen LogP contribution is 2.06. The minimum absolute atomic E-state index is 0.313. The van der Waals surface area contributed by atoms with Crippen LogP contribution in [0.5, 0.6) is 0 Å². The third-order valence-corrected chi connectivity index (χ3v) is 2.94. The first-order valence-corrected chi connectivity index (χ1v) is 7.11. The quantitative estimate of drug-likeness (QED) is 0.724. The van der Waals surface area contributed by atoms with E-state index in [0.29, 0.717) is 12.1 Å². The van der Waals surface area contributed by atoms with Crippen LogP contribution in [0.1, 0.15) is 39.2 Å². The van der Waals surface area contributed by atoms with Crippen LogP contribution in [-0.2, 0) is 11.2 Å². The lowest BCUT2D eigenvalue weighted by molar-refractivity contribution is 0.0596. The van der Waals surface area contributed by atoms with Crippen molar-refractivity contribution in [3.05, 3.63) is 35.9 Å². The molecule has 0 aromatic heterocycles. The summed E-state index contributed by atoms with van der Waals surface area (Å²) in [6.07, 6.45) is 3.73. The van der Waals surface area contributed by atoms with Gasteiger partial charge < -0.3 is 10.1 Å². The molecule has 1 unspecified atom stereocenters. The van der Waals surface area contributed by atoms with Crippen molar-refractivity contribution in [2.45, 2.75) is 52.2 Å². The summed E-state index contributed by atoms with van der Waals surface area (Å²) in [5, 5.41) is 3.57. The normalized spacial score (nSPS) is 12.9. The molecule has 0 saturated carbocycles. The largest absolute Gasteiger partial charge is 0.377 e. The standard InChI is InChI=1S/C16H27NO/c1-4-12-17-16(13-18-14(2)3)11-10-15-8-6-5-7-9-15/h5-9,14,16-17H,4,10-13H2,1-3H3. The van der Waals surface area contributed by atoms with Gasteiger partial charge in [0.2, 0.25) is 0 Å². The predicted octanol–water partition coefficient (Wildman–Crippen LogP) is 3.41. The fourth-order valence-corrected chi connectivity index (χ4v) is 1.89. The van der Waals surface area contributed by atoms with Gasteiger partial charge in [0, 0.05) is 6.04 Å². The maximum atomic E-state index is 5.73. The summed E-state index contributed by atoms with van der Waals surface area (Å²) in [4.78, 5) is 0. The van der Waals surface area contributed by atoms with E-state index in [-0.39, 0.29) is 0 Å². The Morgan fingerprint density at radius 3 is 2.50 bits per heavy atom. The van der Waals surface area contributed by atoms with Crippen LogP contribution in [0, 0.1) is 0 Å². The van der Waals surface area contributed by atoms with Gasteiger partial charge in [0.25, 0.3) is 0 Å². The topological polar surface area (TPSA) is 21.3 Å². The molecule has 0 aliphatic rings. The van der Waals surface area contributed by atoms with Crippen LogP contribution in [0.25, 0.3) is 0 Å². The van der Waals surface area contributed by atoms with E-state index in [0.717, 1.165) is 26.0 Å². The van der Waals surface area contributed by atoms with Crippen molar-refractivity contribution in [3.63, 3.8) is 0 Å². The summed E-state index contributed by atoms with van der Waals surface area (Å²) in [6, 6.07) is 11.1. The summed E-state index contributed by atoms with van der Waals surface area (Å²) in [7, 11) is 0. The molecule has 0 amide bonds. The zero-order valence-corrected chi connectivity index (χ0v) is 12.0. The molecule has 1 aromatic carbocycles. The van der Waals surface area contributed by atoms with Gasteiger partial charge in [0.15, 0.2) is 0 Å². The maximum absolute atomic E-state index is 5.73. The maximum Gasteiger partial charge on any atom is 0.0623 e. The molecule has 0 bridgehead atoms. The first-order valence-electron chi connectivity index (χ1n) is 7.11. The fraction of sp³-hybridized carbons (Fsp3) is 0.625. The van der Waals surface area contributed by atoms with Gasteiger partial charge in [-0.3, -0.25) is 0 Å². The molecule has 1 rings (SSSR count). The minimum atomic E-state index is 0.313. The van der Waals surface area contributed by atoms with Crippen LogP contribution in [0.15, 0.2) is 30.3 Å². The highest BCUT2D eigenvalue weighted by molar-refractivity contribution is 5.14. The number of rotatable bonds is 9. The Morgan fingerprint density at radius 1 is 1.17 bits per heavy atom. The highest BCUT2D eigenvalue weighted by Gasteiger charge is 2.09. The van der Waals surface area contributed by atoms with Gasteiger partial charge in [-0.1, -0.05) is 37.3 Å². The Bertz CT molecular complexity index is 297. The van der Waals surface area contributed by atoms with Gasteiger partial charge >= 0.3 is 0 Å². The summed E-state index contributed by atoms with van der Waals surface area (Å²) >= 11 is 0. The lowest BCUT2D eigenvalue weighted by Gasteiger charge is -2.20. The van der Waals surface area contributed by atoms with Gasteiger partial charge in [-0.2, -0.15) is 0 Å². The highest BCUT2D eigenvalue weighted by atomic mass is 16.5. The van der Waals surface area contributed by atoms with Crippen molar-refractivity contribution in [1.82, 2.24) is 5.32 Å². The van der Waals surface area contributed by atoms with Gasteiger partial charge in [-0.05, 0) is 45.2 Å². The first-order chi connectivity index (χ1) is 8.72. The average molecular weight is 249 g/mol. The summed E-state index contributed by atoms with van der Waals surface area (Å²) < 4.78 is 5.73. The third kappa shape index (κ3) is 6.77. The molecule has 0 spiro atoms. The van der Waals surface area contributed by atoms with E-state index in [4.69, 9.17) is 4.74 Å². The van der Waals surface area contributed by atoms with E-state index in [1.54, 1.807) is 0 Å². The van der Waals surface area contributed by atoms with Crippen molar-refractivity contribution in [1.29, 1.82) is 0 Å². The SMILES string of the molecule is CCCNC(CCc1ccccc1)COC(C)C. The Kier molecular flexibility index (Phi) is 7.70. The van der Waals surface area contributed by atoms with Crippen LogP contribution >= 0.6 is 0 Å². The molecule has 0 heterocycles. The molecule has 1 aromatic rings. The van der Waals surface area contributed by atoms with Gasteiger partial charge in [-0.25, -0.2) is 0 Å². The zero-order chi connectivity index (χ0) is 13.2. The van der Waals surface area contributed by atoms with Crippen LogP contribution in [-0.4, -0.2) is 25.3 Å². The molecule has 0 fully saturated rings. The average Bonchev–Trinajstić information content (AvgIpc) is 2.39. The smallest absolute Gasteiger partial charge is 0.0623 e. The zero-order valence-electron chi connectivity index (χ0n) is 12.0. The van der Waals surface area contributed by atoms with Crippen molar-refractivity contribution >= 4 is 0 Å². The minimum Gasteiger partial charge on any atom is -0.377 e. The molecule has 0 aliphatic carbocycles. The number of hydrogen-bond donors (Lipinski definition) is 1. The lowest BCUT2D eigenvalue weighted by atomic mass is 10.1. The molecule has 0 radical (unpaired) electrons. The van der Waals surface area contributed by atoms with Crippen molar-refractivity contribution in [2.24, 2.45) is 0 Å². The number of nitrogens with one attached hydrogen (secondary N) is 1. The van der Waals surface area contributed by atoms with Gasteiger partial charge in [0.05, 0.1) is 12.7 Å². The molecule has 2 nitrogen and oxygen atoms in total. The molecule has 102 valence electrons. The molecule has 0 saturated heterocycles. The second-order valence-corrected chi connectivity index (χ2v) is 5.06. The van der Waals surface area contributed by atoms with Crippen LogP contribution < -0.4 is 5.32 Å². The van der Waals surface area contributed by atoms with Crippen LogP contribution in [0.4, 0.5) is 0 Å². The third-order valence-electron chi connectivity index (χ3n) is 2.94. The van der Waals surface area contributed by atoms with E-state index < -0.39 is 0 Å². The Morgan fingerprint density at radius 2 is 1.89 bits per heavy atom. The summed E-state index contributed by atoms with van der Waals surface area (Å²) in [6.45, 7) is 8.26. The van der Waals surface area contributed by atoms with Crippen LogP contribution in [0.2, 0.25) is 0 Å². The molecular weight excluding hydrogens is 222 g/mol. The molecule has 2 heteroatoms. The number of benzene rings is 1. The second kappa shape index (κ2) is 9.12. The van der Waals surface area contributed by atoms with E-state index in [9.17, 15) is 0 Å². The van der Waals surface area contributed by atoms with E-state index >= 15 is 0 Å². The predicted molar refractivity (Wildman–Crippen MR) is 77.9 cm³/mol. The molecule has 1 N–H and O–H groups in total. The summed E-state index contributed by atoms with van der Waals surface area (Å²) in [5.41, 5.74) is 1.41. The van der Waals surface area contributed by atoms with Gasteiger partial charge in [-0.15, -0.1) is 0 Å². The van der Waals surface area contributed by atoms with Crippen molar-refractivity contribution in [3.8, 4) is 0 Å². The Labute approximate surface area is 112 Å². The lowest BCUT2D eigenvalue weighted by Crippen LogP contribution is -2.35. The summed E-state index contributed by atoms with van der Waals surface area (Å²) in [5.74, 6) is 0. The number of hydrogen-bond acceptors (Lipinski definition) is 2. The fourth-order valence-electron chi connectivity index (χ4n) is 1.89. The second-order valence-electron chi connectivity index (χ2n) is 5.06. The van der Waals surface area contributed by atoms with Crippen molar-refractivity contribution in [2.75, 3.05) is 13.2 Å². The van der Waals surface area contributed by atoms with Crippen LogP contribution in [0.3, 0.4) is 0 Å². The van der Waals surface area contributed by atoms with Crippen molar-refractivity contribution < 1.29 is 4.74 Å². The van der Waals surface area contributed by atoms with Gasteiger partial charge in [0.1, 0.15) is 0 Å².